The number of benzene rings is 1. The zero-order valence-corrected chi connectivity index (χ0v) is 7.08. The van der Waals surface area contributed by atoms with Gasteiger partial charge < -0.3 is 5.73 Å². The Hall–Kier alpha value is -1.49. The molecule has 5 heteroatoms. The number of nitro groups is 1. The van der Waals surface area contributed by atoms with E-state index in [9.17, 15) is 14.5 Å². The van der Waals surface area contributed by atoms with Gasteiger partial charge in [0.1, 0.15) is 5.82 Å². The molecule has 0 unspecified atom stereocenters. The highest BCUT2D eigenvalue weighted by Gasteiger charge is 2.12. The normalized spacial score (nSPS) is 10.1. The van der Waals surface area contributed by atoms with Crippen LogP contribution in [0.1, 0.15) is 11.1 Å². The Morgan fingerprint density at radius 3 is 2.62 bits per heavy atom. The van der Waals surface area contributed by atoms with Crippen LogP contribution in [0.4, 0.5) is 10.1 Å². The van der Waals surface area contributed by atoms with Gasteiger partial charge in [0.15, 0.2) is 0 Å². The lowest BCUT2D eigenvalue weighted by molar-refractivity contribution is -0.385. The van der Waals surface area contributed by atoms with Crippen molar-refractivity contribution in [2.24, 2.45) is 5.73 Å². The van der Waals surface area contributed by atoms with Gasteiger partial charge in [-0.2, -0.15) is 0 Å². The Bertz CT molecular complexity index is 329. The number of non-ortho nitro benzene ring substituents is 1. The highest BCUT2D eigenvalue weighted by Crippen LogP contribution is 2.20. The van der Waals surface area contributed by atoms with Crippen molar-refractivity contribution in [1.29, 1.82) is 0 Å². The van der Waals surface area contributed by atoms with Gasteiger partial charge in [0.25, 0.3) is 5.69 Å². The minimum atomic E-state index is -0.629. The average Bonchev–Trinajstić information content (AvgIpc) is 2.03. The highest BCUT2D eigenvalue weighted by atomic mass is 19.1. The molecule has 1 aromatic rings. The molecule has 13 heavy (non-hydrogen) atoms. The first kappa shape index (κ1) is 9.60. The average molecular weight is 184 g/mol. The van der Waals surface area contributed by atoms with E-state index in [-0.39, 0.29) is 12.2 Å². The van der Waals surface area contributed by atoms with Crippen LogP contribution in [0.2, 0.25) is 0 Å². The van der Waals surface area contributed by atoms with Gasteiger partial charge in [-0.15, -0.1) is 0 Å². The van der Waals surface area contributed by atoms with E-state index < -0.39 is 10.7 Å². The van der Waals surface area contributed by atoms with Crippen LogP contribution in [0, 0.1) is 22.9 Å². The topological polar surface area (TPSA) is 69.2 Å². The molecule has 0 bridgehead atoms. The van der Waals surface area contributed by atoms with Gasteiger partial charge >= 0.3 is 0 Å². The molecule has 0 heterocycles. The maximum absolute atomic E-state index is 13.1. The van der Waals surface area contributed by atoms with Crippen LogP contribution in [0.25, 0.3) is 0 Å². The van der Waals surface area contributed by atoms with Crippen molar-refractivity contribution in [1.82, 2.24) is 0 Å². The van der Waals surface area contributed by atoms with Crippen LogP contribution in [-0.2, 0) is 6.54 Å². The summed E-state index contributed by atoms with van der Waals surface area (Å²) < 4.78 is 13.1. The third kappa shape index (κ3) is 1.81. The quantitative estimate of drug-likeness (QED) is 0.559. The molecule has 0 atom stereocenters. The summed E-state index contributed by atoms with van der Waals surface area (Å²) in [6.45, 7) is 1.65. The first-order valence-electron chi connectivity index (χ1n) is 3.69. The lowest BCUT2D eigenvalue weighted by atomic mass is 10.1. The van der Waals surface area contributed by atoms with Crippen LogP contribution in [0.15, 0.2) is 12.1 Å². The van der Waals surface area contributed by atoms with Crippen molar-refractivity contribution in [2.75, 3.05) is 0 Å². The summed E-state index contributed by atoms with van der Waals surface area (Å²) in [6, 6.07) is 2.19. The predicted molar refractivity (Wildman–Crippen MR) is 45.7 cm³/mol. The predicted octanol–water partition coefficient (Wildman–Crippen LogP) is 1.50. The molecule has 1 rings (SSSR count). The third-order valence-corrected chi connectivity index (χ3v) is 1.82. The van der Waals surface area contributed by atoms with Gasteiger partial charge in [0, 0.05) is 18.2 Å². The van der Waals surface area contributed by atoms with Crippen molar-refractivity contribution in [3.63, 3.8) is 0 Å². The lowest BCUT2D eigenvalue weighted by Gasteiger charge is -2.03. The number of rotatable bonds is 2. The SMILES string of the molecule is Cc1cc([N+](=O)[O-])cc(F)c1CN. The molecule has 0 radical (unpaired) electrons. The number of aryl methyl sites for hydroxylation is 1. The molecule has 1 aromatic carbocycles. The van der Waals surface area contributed by atoms with Crippen molar-refractivity contribution >= 4 is 5.69 Å². The molecule has 0 aromatic heterocycles. The van der Waals surface area contributed by atoms with E-state index in [0.29, 0.717) is 11.1 Å². The van der Waals surface area contributed by atoms with Crippen LogP contribution in [-0.4, -0.2) is 4.92 Å². The lowest BCUT2D eigenvalue weighted by Crippen LogP contribution is -2.03. The van der Waals surface area contributed by atoms with Crippen LogP contribution in [0.5, 0.6) is 0 Å². The summed E-state index contributed by atoms with van der Waals surface area (Å²) in [7, 11) is 0. The Balaban J connectivity index is 3.28. The standard InChI is InChI=1S/C8H9FN2O2/c1-5-2-6(11(12)13)3-8(9)7(5)4-10/h2-3H,4,10H2,1H3. The monoisotopic (exact) mass is 184 g/mol. The summed E-state index contributed by atoms with van der Waals surface area (Å²) in [4.78, 5) is 9.68. The maximum Gasteiger partial charge on any atom is 0.272 e. The summed E-state index contributed by atoms with van der Waals surface area (Å²) in [5, 5.41) is 10.3. The largest absolute Gasteiger partial charge is 0.326 e. The number of nitrogens with two attached hydrogens (primary N) is 1. The Kier molecular flexibility index (Phi) is 2.57. The van der Waals surface area contributed by atoms with Gasteiger partial charge in [0.2, 0.25) is 0 Å². The Morgan fingerprint density at radius 1 is 1.62 bits per heavy atom. The van der Waals surface area contributed by atoms with Gasteiger partial charge in [0.05, 0.1) is 11.0 Å². The summed E-state index contributed by atoms with van der Waals surface area (Å²) in [5.74, 6) is -0.616. The Labute approximate surface area is 74.3 Å². The molecule has 0 saturated heterocycles. The molecule has 0 aliphatic rings. The molecule has 2 N–H and O–H groups in total. The van der Waals surface area contributed by atoms with Crippen LogP contribution >= 0.6 is 0 Å². The van der Waals surface area contributed by atoms with E-state index in [0.717, 1.165) is 6.07 Å². The smallest absolute Gasteiger partial charge is 0.272 e. The minimum absolute atomic E-state index is 0.0513. The molecule has 0 fully saturated rings. The van der Waals surface area contributed by atoms with Gasteiger partial charge in [-0.25, -0.2) is 4.39 Å². The zero-order chi connectivity index (χ0) is 10.0. The van der Waals surface area contributed by atoms with Crippen molar-refractivity contribution in [3.05, 3.63) is 39.2 Å². The fraction of sp³-hybridized carbons (Fsp3) is 0.250. The van der Waals surface area contributed by atoms with Crippen molar-refractivity contribution in [3.8, 4) is 0 Å². The van der Waals surface area contributed by atoms with Crippen LogP contribution < -0.4 is 5.73 Å². The van der Waals surface area contributed by atoms with Gasteiger partial charge in [-0.3, -0.25) is 10.1 Å². The van der Waals surface area contributed by atoms with Gasteiger partial charge in [-0.05, 0) is 12.5 Å². The van der Waals surface area contributed by atoms with E-state index in [1.54, 1.807) is 6.92 Å². The van der Waals surface area contributed by atoms with E-state index in [2.05, 4.69) is 0 Å². The number of hydrogen-bond donors (Lipinski definition) is 1. The summed E-state index contributed by atoms with van der Waals surface area (Å²) in [6.07, 6.45) is 0. The molecule has 0 aliphatic carbocycles. The summed E-state index contributed by atoms with van der Waals surface area (Å²) >= 11 is 0. The number of nitrogens with zero attached hydrogens (tertiary/aromatic N) is 1. The zero-order valence-electron chi connectivity index (χ0n) is 7.08. The van der Waals surface area contributed by atoms with Crippen LogP contribution in [0.3, 0.4) is 0 Å². The number of hydrogen-bond acceptors (Lipinski definition) is 3. The Morgan fingerprint density at radius 2 is 2.23 bits per heavy atom. The maximum atomic E-state index is 13.1. The fourth-order valence-electron chi connectivity index (χ4n) is 1.12. The first-order chi connectivity index (χ1) is 6.06. The first-order valence-corrected chi connectivity index (χ1v) is 3.69. The molecule has 0 amide bonds. The second kappa shape index (κ2) is 3.49. The molecular formula is C8H9FN2O2. The van der Waals surface area contributed by atoms with E-state index in [1.807, 2.05) is 0 Å². The van der Waals surface area contributed by atoms with Gasteiger partial charge in [-0.1, -0.05) is 0 Å². The second-order valence-corrected chi connectivity index (χ2v) is 2.68. The second-order valence-electron chi connectivity index (χ2n) is 2.68. The third-order valence-electron chi connectivity index (χ3n) is 1.82. The molecule has 0 aliphatic heterocycles. The van der Waals surface area contributed by atoms with E-state index >= 15 is 0 Å². The summed E-state index contributed by atoms with van der Waals surface area (Å²) in [5.41, 5.74) is 5.86. The molecule has 0 spiro atoms. The van der Waals surface area contributed by atoms with Crippen molar-refractivity contribution < 1.29 is 9.31 Å². The van der Waals surface area contributed by atoms with Crippen molar-refractivity contribution in [2.45, 2.75) is 13.5 Å². The molecule has 0 saturated carbocycles. The minimum Gasteiger partial charge on any atom is -0.326 e. The molecule has 70 valence electrons. The van der Waals surface area contributed by atoms with E-state index in [1.165, 1.54) is 6.07 Å². The fourth-order valence-corrected chi connectivity index (χ4v) is 1.12. The highest BCUT2D eigenvalue weighted by molar-refractivity contribution is 5.40. The number of halogens is 1. The molecule has 4 nitrogen and oxygen atoms in total. The van der Waals surface area contributed by atoms with E-state index in [4.69, 9.17) is 5.73 Å². The number of nitro benzene ring substituents is 1. The molecular weight excluding hydrogens is 175 g/mol.